The monoisotopic (exact) mass is 290 g/mol. The average Bonchev–Trinajstić information content (AvgIpc) is 2.48. The zero-order valence-corrected chi connectivity index (χ0v) is 11.8. The minimum Gasteiger partial charge on any atom is -0.481 e. The summed E-state index contributed by atoms with van der Waals surface area (Å²) in [7, 11) is 0. The molecule has 0 radical (unpaired) electrons. The van der Waals surface area contributed by atoms with Crippen molar-refractivity contribution in [2.75, 3.05) is 0 Å². The Balaban J connectivity index is 1.84. The summed E-state index contributed by atoms with van der Waals surface area (Å²) in [5.41, 5.74) is 0.805. The Kier molecular flexibility index (Phi) is 4.96. The van der Waals surface area contributed by atoms with Gasteiger partial charge in [0.15, 0.2) is 6.10 Å². The second kappa shape index (κ2) is 6.91. The van der Waals surface area contributed by atoms with Crippen LogP contribution in [0.25, 0.3) is 0 Å². The highest BCUT2D eigenvalue weighted by Crippen LogP contribution is 2.16. The molecule has 0 aliphatic carbocycles. The van der Waals surface area contributed by atoms with E-state index in [0.717, 1.165) is 5.69 Å². The topological polar surface area (TPSA) is 51.2 Å². The third-order valence-electron chi connectivity index (χ3n) is 2.67. The highest BCUT2D eigenvalue weighted by Gasteiger charge is 2.14. The van der Waals surface area contributed by atoms with Gasteiger partial charge in [-0.25, -0.2) is 0 Å². The summed E-state index contributed by atoms with van der Waals surface area (Å²) in [6, 6.07) is 12.4. The number of carbonyl (C=O) groups excluding carboxylic acids is 1. The molecule has 20 heavy (non-hydrogen) atoms. The number of nitrogens with zero attached hydrogens (tertiary/aromatic N) is 1. The van der Waals surface area contributed by atoms with Crippen molar-refractivity contribution in [1.29, 1.82) is 0 Å². The van der Waals surface area contributed by atoms with Crippen molar-refractivity contribution in [2.45, 2.75) is 19.6 Å². The molecule has 0 aliphatic rings. The van der Waals surface area contributed by atoms with Gasteiger partial charge in [-0.1, -0.05) is 17.7 Å². The van der Waals surface area contributed by atoms with Crippen LogP contribution in [0, 0.1) is 0 Å². The van der Waals surface area contributed by atoms with Crippen LogP contribution in [-0.4, -0.2) is 17.0 Å². The number of carbonyl (C=O) groups is 1. The van der Waals surface area contributed by atoms with Gasteiger partial charge in [0.1, 0.15) is 5.75 Å². The van der Waals surface area contributed by atoms with Crippen molar-refractivity contribution < 1.29 is 9.53 Å². The maximum atomic E-state index is 11.9. The maximum Gasteiger partial charge on any atom is 0.261 e. The van der Waals surface area contributed by atoms with Crippen molar-refractivity contribution in [3.63, 3.8) is 0 Å². The third kappa shape index (κ3) is 4.24. The van der Waals surface area contributed by atoms with E-state index >= 15 is 0 Å². The smallest absolute Gasteiger partial charge is 0.261 e. The van der Waals surface area contributed by atoms with E-state index < -0.39 is 6.10 Å². The van der Waals surface area contributed by atoms with Crippen LogP contribution < -0.4 is 10.1 Å². The molecule has 0 fully saturated rings. The Hall–Kier alpha value is -2.07. The summed E-state index contributed by atoms with van der Waals surface area (Å²) in [4.78, 5) is 16.0. The number of amides is 1. The third-order valence-corrected chi connectivity index (χ3v) is 2.92. The second-order valence-electron chi connectivity index (χ2n) is 4.25. The average molecular weight is 291 g/mol. The molecule has 1 amide bonds. The van der Waals surface area contributed by atoms with Crippen LogP contribution in [-0.2, 0) is 11.3 Å². The number of pyridine rings is 1. The van der Waals surface area contributed by atoms with Gasteiger partial charge in [0, 0.05) is 11.2 Å². The minimum absolute atomic E-state index is 0.189. The molecule has 0 spiro atoms. The molecule has 2 aromatic rings. The second-order valence-corrected chi connectivity index (χ2v) is 4.69. The Bertz CT molecular complexity index is 558. The predicted molar refractivity (Wildman–Crippen MR) is 77.6 cm³/mol. The molecule has 1 heterocycles. The highest BCUT2D eigenvalue weighted by molar-refractivity contribution is 6.30. The molecular weight excluding hydrogens is 276 g/mol. The fourth-order valence-electron chi connectivity index (χ4n) is 1.59. The minimum atomic E-state index is -0.583. The number of benzene rings is 1. The van der Waals surface area contributed by atoms with E-state index in [1.54, 1.807) is 37.4 Å². The molecule has 0 aliphatic heterocycles. The zero-order chi connectivity index (χ0) is 14.4. The van der Waals surface area contributed by atoms with E-state index in [-0.39, 0.29) is 5.91 Å². The fourth-order valence-corrected chi connectivity index (χ4v) is 1.72. The normalized spacial score (nSPS) is 11.7. The number of ether oxygens (including phenoxy) is 1. The molecule has 0 saturated heterocycles. The van der Waals surface area contributed by atoms with Gasteiger partial charge in [-0.2, -0.15) is 0 Å². The Morgan fingerprint density at radius 3 is 2.70 bits per heavy atom. The first-order valence-corrected chi connectivity index (χ1v) is 6.63. The van der Waals surface area contributed by atoms with Crippen LogP contribution in [0.2, 0.25) is 5.02 Å². The first-order valence-electron chi connectivity index (χ1n) is 6.25. The molecule has 0 bridgehead atoms. The van der Waals surface area contributed by atoms with Gasteiger partial charge in [0.2, 0.25) is 0 Å². The molecule has 1 atom stereocenters. The van der Waals surface area contributed by atoms with Crippen LogP contribution in [0.15, 0.2) is 48.7 Å². The van der Waals surface area contributed by atoms with E-state index in [9.17, 15) is 4.79 Å². The lowest BCUT2D eigenvalue weighted by atomic mass is 10.3. The molecule has 1 N–H and O–H groups in total. The summed E-state index contributed by atoms with van der Waals surface area (Å²) < 4.78 is 5.53. The number of aromatic nitrogens is 1. The quantitative estimate of drug-likeness (QED) is 0.921. The van der Waals surface area contributed by atoms with Gasteiger partial charge < -0.3 is 10.1 Å². The van der Waals surface area contributed by atoms with Crippen LogP contribution in [0.3, 0.4) is 0 Å². The molecule has 2 rings (SSSR count). The maximum absolute atomic E-state index is 11.9. The van der Waals surface area contributed by atoms with E-state index in [0.29, 0.717) is 17.3 Å². The Labute approximate surface area is 122 Å². The van der Waals surface area contributed by atoms with Gasteiger partial charge in [-0.3, -0.25) is 9.78 Å². The SMILES string of the molecule is C[C@H](Oc1ccc(Cl)cc1)C(=O)NCc1ccccn1. The Morgan fingerprint density at radius 1 is 1.30 bits per heavy atom. The first kappa shape index (κ1) is 14.3. The summed E-state index contributed by atoms with van der Waals surface area (Å²) in [5.74, 6) is 0.417. The van der Waals surface area contributed by atoms with Crippen LogP contribution >= 0.6 is 11.6 Å². The predicted octanol–water partition coefficient (Wildman–Crippen LogP) is 2.82. The standard InChI is InChI=1S/C15H15ClN2O2/c1-11(20-14-7-5-12(16)6-8-14)15(19)18-10-13-4-2-3-9-17-13/h2-9,11H,10H2,1H3,(H,18,19)/t11-/m0/s1. The van der Waals surface area contributed by atoms with E-state index in [1.165, 1.54) is 0 Å². The van der Waals surface area contributed by atoms with Gasteiger partial charge in [-0.05, 0) is 43.3 Å². The summed E-state index contributed by atoms with van der Waals surface area (Å²) in [6.07, 6.45) is 1.11. The fraction of sp³-hybridized carbons (Fsp3) is 0.200. The zero-order valence-electron chi connectivity index (χ0n) is 11.0. The molecule has 1 aromatic heterocycles. The molecule has 104 valence electrons. The number of rotatable bonds is 5. The van der Waals surface area contributed by atoms with Crippen molar-refractivity contribution in [2.24, 2.45) is 0 Å². The first-order chi connectivity index (χ1) is 9.65. The van der Waals surface area contributed by atoms with Crippen LogP contribution in [0.1, 0.15) is 12.6 Å². The lowest BCUT2D eigenvalue weighted by Crippen LogP contribution is -2.36. The van der Waals surface area contributed by atoms with Crippen LogP contribution in [0.4, 0.5) is 0 Å². The Morgan fingerprint density at radius 2 is 2.05 bits per heavy atom. The largest absolute Gasteiger partial charge is 0.481 e. The summed E-state index contributed by atoms with van der Waals surface area (Å²) in [5, 5.41) is 3.41. The molecular formula is C15H15ClN2O2. The molecule has 4 nitrogen and oxygen atoms in total. The summed E-state index contributed by atoms with van der Waals surface area (Å²) in [6.45, 7) is 2.08. The van der Waals surface area contributed by atoms with Gasteiger partial charge in [0.25, 0.3) is 5.91 Å². The summed E-state index contributed by atoms with van der Waals surface area (Å²) >= 11 is 5.79. The van der Waals surface area contributed by atoms with Crippen molar-refractivity contribution in [3.8, 4) is 5.75 Å². The number of nitrogens with one attached hydrogen (secondary N) is 1. The highest BCUT2D eigenvalue weighted by atomic mass is 35.5. The molecule has 0 unspecified atom stereocenters. The van der Waals surface area contributed by atoms with Gasteiger partial charge in [-0.15, -0.1) is 0 Å². The van der Waals surface area contributed by atoms with Gasteiger partial charge in [0.05, 0.1) is 12.2 Å². The lowest BCUT2D eigenvalue weighted by Gasteiger charge is -2.14. The van der Waals surface area contributed by atoms with Crippen molar-refractivity contribution in [1.82, 2.24) is 10.3 Å². The van der Waals surface area contributed by atoms with E-state index in [2.05, 4.69) is 10.3 Å². The van der Waals surface area contributed by atoms with Crippen LogP contribution in [0.5, 0.6) is 5.75 Å². The lowest BCUT2D eigenvalue weighted by molar-refractivity contribution is -0.127. The molecule has 1 aromatic carbocycles. The van der Waals surface area contributed by atoms with E-state index in [4.69, 9.17) is 16.3 Å². The number of halogens is 1. The van der Waals surface area contributed by atoms with E-state index in [1.807, 2.05) is 18.2 Å². The number of hydrogen-bond donors (Lipinski definition) is 1. The van der Waals surface area contributed by atoms with Crippen molar-refractivity contribution >= 4 is 17.5 Å². The molecule has 0 saturated carbocycles. The van der Waals surface area contributed by atoms with Crippen molar-refractivity contribution in [3.05, 3.63) is 59.4 Å². The van der Waals surface area contributed by atoms with Gasteiger partial charge >= 0.3 is 0 Å². The number of hydrogen-bond acceptors (Lipinski definition) is 3. The molecule has 5 heteroatoms.